The molecule has 0 aliphatic carbocycles. The van der Waals surface area contributed by atoms with Gasteiger partial charge in [0.15, 0.2) is 0 Å². The number of carbonyl (C=O) groups excluding carboxylic acids is 1. The van der Waals surface area contributed by atoms with Gasteiger partial charge in [0.05, 0.1) is 6.61 Å². The van der Waals surface area contributed by atoms with E-state index >= 15 is 0 Å². The Hall–Kier alpha value is 1.61. The van der Waals surface area contributed by atoms with E-state index in [4.69, 9.17) is 0 Å². The average Bonchev–Trinajstić information content (AvgIpc) is 1.82. The molecule has 3 nitrogen and oxygen atoms in total. The van der Waals surface area contributed by atoms with Crippen molar-refractivity contribution < 1.29 is 9.53 Å². The molecular weight excluding hydrogens is 197 g/mol. The molecule has 0 spiro atoms. The van der Waals surface area contributed by atoms with Crippen LogP contribution in [0.25, 0.3) is 0 Å². The third-order valence-corrected chi connectivity index (χ3v) is 0.920. The maximum atomic E-state index is 10.5. The third kappa shape index (κ3) is 7.71. The van der Waals surface area contributed by atoms with Gasteiger partial charge in [-0.25, -0.2) is 4.79 Å². The molecule has 0 heterocycles. The van der Waals surface area contributed by atoms with Crippen LogP contribution in [-0.4, -0.2) is 67.8 Å². The van der Waals surface area contributed by atoms with Crippen LogP contribution in [0.3, 0.4) is 0 Å². The summed E-state index contributed by atoms with van der Waals surface area (Å²) in [6.45, 7) is 2.32. The van der Waals surface area contributed by atoms with E-state index in [1.165, 1.54) is 0 Å². The molecule has 10 heavy (non-hydrogen) atoms. The van der Waals surface area contributed by atoms with Crippen molar-refractivity contribution in [3.8, 4) is 0 Å². The second-order valence-electron chi connectivity index (χ2n) is 1.40. The number of ether oxygens (including phenoxy) is 1. The SMILES string of the molecule is CCCOC(=O)N(S)S.[KH]. The second kappa shape index (κ2) is 8.70. The second-order valence-corrected chi connectivity index (χ2v) is 2.52. The summed E-state index contributed by atoms with van der Waals surface area (Å²) < 4.78 is 5.39. The molecular formula is C4H10KNO2S2. The zero-order chi connectivity index (χ0) is 7.28. The van der Waals surface area contributed by atoms with E-state index in [0.717, 1.165) is 10.1 Å². The monoisotopic (exact) mass is 207 g/mol. The van der Waals surface area contributed by atoms with Crippen molar-refractivity contribution in [2.45, 2.75) is 13.3 Å². The van der Waals surface area contributed by atoms with E-state index in [-0.39, 0.29) is 51.4 Å². The number of nitrogens with zero attached hydrogens (tertiary/aromatic N) is 1. The number of thiol groups is 2. The third-order valence-electron chi connectivity index (χ3n) is 0.593. The van der Waals surface area contributed by atoms with Gasteiger partial charge in [-0.2, -0.15) is 3.71 Å². The van der Waals surface area contributed by atoms with Crippen molar-refractivity contribution in [3.05, 3.63) is 0 Å². The molecule has 6 heteroatoms. The molecule has 0 rings (SSSR count). The van der Waals surface area contributed by atoms with E-state index in [2.05, 4.69) is 30.4 Å². The van der Waals surface area contributed by atoms with Crippen molar-refractivity contribution >= 4 is 83.1 Å². The molecule has 56 valence electrons. The van der Waals surface area contributed by atoms with Gasteiger partial charge in [0, 0.05) is 0 Å². The van der Waals surface area contributed by atoms with Crippen molar-refractivity contribution in [2.75, 3.05) is 6.61 Å². The molecule has 0 radical (unpaired) electrons. The van der Waals surface area contributed by atoms with Crippen molar-refractivity contribution in [3.63, 3.8) is 0 Å². The summed E-state index contributed by atoms with van der Waals surface area (Å²) in [5, 5.41) is 0. The first-order valence-corrected chi connectivity index (χ1v) is 3.33. The van der Waals surface area contributed by atoms with Gasteiger partial charge in [0.25, 0.3) is 0 Å². The predicted molar refractivity (Wildman–Crippen MR) is 48.6 cm³/mol. The molecule has 0 N–H and O–H groups in total. The van der Waals surface area contributed by atoms with Gasteiger partial charge in [-0.1, -0.05) is 6.92 Å². The zero-order valence-corrected chi connectivity index (χ0v) is 6.86. The first kappa shape index (κ1) is 14.1. The van der Waals surface area contributed by atoms with Gasteiger partial charge in [-0.3, -0.25) is 0 Å². The fourth-order valence-electron chi connectivity index (χ4n) is 0.247. The van der Waals surface area contributed by atoms with Crippen LogP contribution in [0, 0.1) is 0 Å². The van der Waals surface area contributed by atoms with Crippen LogP contribution < -0.4 is 0 Å². The molecule has 0 atom stereocenters. The van der Waals surface area contributed by atoms with Gasteiger partial charge in [-0.05, 0) is 32.1 Å². The Labute approximate surface area is 114 Å². The molecule has 0 saturated heterocycles. The topological polar surface area (TPSA) is 29.5 Å². The summed E-state index contributed by atoms with van der Waals surface area (Å²) in [5.74, 6) is 0. The number of rotatable bonds is 2. The summed E-state index contributed by atoms with van der Waals surface area (Å²) in [4.78, 5) is 10.5. The molecule has 1 amide bonds. The van der Waals surface area contributed by atoms with Crippen molar-refractivity contribution in [1.29, 1.82) is 0 Å². The zero-order valence-electron chi connectivity index (χ0n) is 5.07. The van der Waals surface area contributed by atoms with Gasteiger partial charge >= 0.3 is 57.5 Å². The Bertz CT molecular complexity index is 101. The van der Waals surface area contributed by atoms with Gasteiger partial charge < -0.3 is 4.74 Å². The standard InChI is InChI=1S/C4H9NO2S2.K.H/c1-2-3-7-4(6)5(8)9;;/h8-9H,2-3H2,1H3;;. The Morgan fingerprint density at radius 3 is 2.40 bits per heavy atom. The van der Waals surface area contributed by atoms with E-state index < -0.39 is 6.09 Å². The normalized spacial score (nSPS) is 7.90. The predicted octanol–water partition coefficient (Wildman–Crippen LogP) is 0.876. The van der Waals surface area contributed by atoms with Gasteiger partial charge in [0.1, 0.15) is 0 Å². The minimum absolute atomic E-state index is 0. The molecule has 0 aliphatic heterocycles. The molecule has 0 unspecified atom stereocenters. The van der Waals surface area contributed by atoms with E-state index in [1.807, 2.05) is 6.92 Å². The first-order valence-electron chi connectivity index (χ1n) is 2.53. The number of hydrogen-bond donors (Lipinski definition) is 2. The molecule has 0 fully saturated rings. The number of hydrogen-bond acceptors (Lipinski definition) is 4. The van der Waals surface area contributed by atoms with Crippen molar-refractivity contribution in [1.82, 2.24) is 3.71 Å². The van der Waals surface area contributed by atoms with E-state index in [9.17, 15) is 4.79 Å². The Kier molecular flexibility index (Phi) is 12.3. The summed E-state index contributed by atoms with van der Waals surface area (Å²) in [6.07, 6.45) is 0.268. The van der Waals surface area contributed by atoms with E-state index in [1.54, 1.807) is 0 Å². The van der Waals surface area contributed by atoms with Crippen LogP contribution in [0.1, 0.15) is 13.3 Å². The fourth-order valence-corrected chi connectivity index (χ4v) is 0.363. The Balaban J connectivity index is 0. The fraction of sp³-hybridized carbons (Fsp3) is 0.750. The molecule has 0 bridgehead atoms. The summed E-state index contributed by atoms with van der Waals surface area (Å²) in [6, 6.07) is 0. The molecule has 0 saturated carbocycles. The van der Waals surface area contributed by atoms with Crippen LogP contribution in [0.15, 0.2) is 0 Å². The van der Waals surface area contributed by atoms with Crippen LogP contribution in [0.2, 0.25) is 0 Å². The van der Waals surface area contributed by atoms with Crippen molar-refractivity contribution in [2.24, 2.45) is 0 Å². The summed E-state index contributed by atoms with van der Waals surface area (Å²) in [7, 11) is 0. The summed E-state index contributed by atoms with van der Waals surface area (Å²) >= 11 is 7.18. The number of carbonyl (C=O) groups is 1. The van der Waals surface area contributed by atoms with Crippen LogP contribution >= 0.6 is 25.6 Å². The Morgan fingerprint density at radius 1 is 1.60 bits per heavy atom. The average molecular weight is 207 g/mol. The maximum absolute atomic E-state index is 10.5. The number of amides is 1. The van der Waals surface area contributed by atoms with Crippen LogP contribution in [0.4, 0.5) is 4.79 Å². The Morgan fingerprint density at radius 2 is 2.10 bits per heavy atom. The molecule has 0 aliphatic rings. The molecule has 0 aromatic carbocycles. The quantitative estimate of drug-likeness (QED) is 0.520. The summed E-state index contributed by atoms with van der Waals surface area (Å²) in [5.41, 5.74) is 0. The molecule has 0 aromatic rings. The van der Waals surface area contributed by atoms with Crippen LogP contribution in [-0.2, 0) is 4.74 Å². The van der Waals surface area contributed by atoms with Gasteiger partial charge in [0.2, 0.25) is 0 Å². The van der Waals surface area contributed by atoms with Gasteiger partial charge in [-0.15, -0.1) is 0 Å². The molecule has 0 aromatic heterocycles. The van der Waals surface area contributed by atoms with Crippen LogP contribution in [0.5, 0.6) is 0 Å². The van der Waals surface area contributed by atoms with E-state index in [0.29, 0.717) is 6.61 Å². The first-order chi connectivity index (χ1) is 4.18. The minimum atomic E-state index is -0.538.